The minimum atomic E-state index is 0.209. The van der Waals surface area contributed by atoms with Crippen LogP contribution in [0.5, 0.6) is 0 Å². The van der Waals surface area contributed by atoms with Gasteiger partial charge in [0, 0.05) is 19.5 Å². The Balaban J connectivity index is 2.52. The Morgan fingerprint density at radius 1 is 1.38 bits per heavy atom. The SMILES string of the molecule is CN(CCC(=N)N)Cc1ccc(Cl)c(Cl)c1. The molecule has 5 heteroatoms. The van der Waals surface area contributed by atoms with Gasteiger partial charge in [-0.3, -0.25) is 5.41 Å². The minimum absolute atomic E-state index is 0.209. The zero-order valence-electron chi connectivity index (χ0n) is 9.13. The average molecular weight is 260 g/mol. The molecule has 1 rings (SSSR count). The predicted octanol–water partition coefficient (Wildman–Crippen LogP) is 2.75. The van der Waals surface area contributed by atoms with Gasteiger partial charge in [0.15, 0.2) is 0 Å². The van der Waals surface area contributed by atoms with E-state index >= 15 is 0 Å². The maximum atomic E-state index is 7.14. The number of nitrogens with one attached hydrogen (secondary N) is 1. The number of amidine groups is 1. The second kappa shape index (κ2) is 6.09. The van der Waals surface area contributed by atoms with Crippen LogP contribution in [-0.2, 0) is 6.54 Å². The molecule has 0 saturated heterocycles. The quantitative estimate of drug-likeness (QED) is 0.631. The molecule has 0 bridgehead atoms. The van der Waals surface area contributed by atoms with Crippen molar-refractivity contribution in [2.45, 2.75) is 13.0 Å². The molecule has 0 aliphatic carbocycles. The van der Waals surface area contributed by atoms with Crippen LogP contribution in [0.2, 0.25) is 10.0 Å². The van der Waals surface area contributed by atoms with Crippen molar-refractivity contribution in [3.05, 3.63) is 33.8 Å². The molecular weight excluding hydrogens is 245 g/mol. The molecule has 0 fully saturated rings. The molecule has 1 aromatic rings. The number of hydrogen-bond acceptors (Lipinski definition) is 2. The summed E-state index contributed by atoms with van der Waals surface area (Å²) in [6.07, 6.45) is 0.581. The van der Waals surface area contributed by atoms with Crippen LogP contribution in [0.4, 0.5) is 0 Å². The molecule has 0 heterocycles. The Kier molecular flexibility index (Phi) is 5.06. The van der Waals surface area contributed by atoms with Crippen LogP contribution in [0, 0.1) is 5.41 Å². The summed E-state index contributed by atoms with van der Waals surface area (Å²) in [7, 11) is 1.98. The lowest BCUT2D eigenvalue weighted by molar-refractivity contribution is 0.336. The van der Waals surface area contributed by atoms with Gasteiger partial charge in [0.2, 0.25) is 0 Å². The second-order valence-electron chi connectivity index (χ2n) is 3.76. The minimum Gasteiger partial charge on any atom is -0.388 e. The zero-order valence-corrected chi connectivity index (χ0v) is 10.6. The Morgan fingerprint density at radius 2 is 2.06 bits per heavy atom. The van der Waals surface area contributed by atoms with Gasteiger partial charge in [-0.1, -0.05) is 29.3 Å². The summed E-state index contributed by atoms with van der Waals surface area (Å²) in [5.74, 6) is 0.209. The van der Waals surface area contributed by atoms with Crippen molar-refractivity contribution in [2.75, 3.05) is 13.6 Å². The van der Waals surface area contributed by atoms with Crippen LogP contribution in [0.15, 0.2) is 18.2 Å². The third-order valence-corrected chi connectivity index (χ3v) is 2.94. The smallest absolute Gasteiger partial charge is 0.0918 e. The monoisotopic (exact) mass is 259 g/mol. The number of benzene rings is 1. The van der Waals surface area contributed by atoms with E-state index in [1.807, 2.05) is 19.2 Å². The zero-order chi connectivity index (χ0) is 12.1. The molecule has 0 aliphatic heterocycles. The summed E-state index contributed by atoms with van der Waals surface area (Å²) in [6.45, 7) is 1.53. The molecule has 1 aromatic carbocycles. The summed E-state index contributed by atoms with van der Waals surface area (Å²) < 4.78 is 0. The molecule has 0 atom stereocenters. The summed E-state index contributed by atoms with van der Waals surface area (Å²) in [5.41, 5.74) is 6.39. The van der Waals surface area contributed by atoms with Gasteiger partial charge in [-0.15, -0.1) is 0 Å². The highest BCUT2D eigenvalue weighted by Gasteiger charge is 2.03. The van der Waals surface area contributed by atoms with Gasteiger partial charge in [-0.2, -0.15) is 0 Å². The Bertz CT molecular complexity index is 379. The Labute approximate surface area is 106 Å². The molecule has 0 radical (unpaired) electrons. The van der Waals surface area contributed by atoms with E-state index in [1.165, 1.54) is 0 Å². The first-order chi connectivity index (χ1) is 7.49. The standard InChI is InChI=1S/C11H15Cl2N3/c1-16(5-4-11(14)15)7-8-2-3-9(12)10(13)6-8/h2-3,6H,4-5,7H2,1H3,(H3,14,15). The van der Waals surface area contributed by atoms with Crippen LogP contribution >= 0.6 is 23.2 Å². The maximum absolute atomic E-state index is 7.14. The number of halogens is 2. The van der Waals surface area contributed by atoms with E-state index in [9.17, 15) is 0 Å². The fourth-order valence-electron chi connectivity index (χ4n) is 1.34. The first-order valence-electron chi connectivity index (χ1n) is 4.94. The average Bonchev–Trinajstić information content (AvgIpc) is 2.21. The largest absolute Gasteiger partial charge is 0.388 e. The highest BCUT2D eigenvalue weighted by molar-refractivity contribution is 6.42. The molecule has 3 nitrogen and oxygen atoms in total. The summed E-state index contributed by atoms with van der Waals surface area (Å²) in [6, 6.07) is 5.59. The van der Waals surface area contributed by atoms with Gasteiger partial charge in [0.05, 0.1) is 15.9 Å². The van der Waals surface area contributed by atoms with Crippen molar-refractivity contribution < 1.29 is 0 Å². The van der Waals surface area contributed by atoms with E-state index in [1.54, 1.807) is 6.07 Å². The van der Waals surface area contributed by atoms with Crippen molar-refractivity contribution in [1.29, 1.82) is 5.41 Å². The first kappa shape index (κ1) is 13.3. The van der Waals surface area contributed by atoms with Crippen LogP contribution < -0.4 is 5.73 Å². The topological polar surface area (TPSA) is 53.1 Å². The molecule has 0 amide bonds. The predicted molar refractivity (Wildman–Crippen MR) is 69.3 cm³/mol. The first-order valence-corrected chi connectivity index (χ1v) is 5.70. The van der Waals surface area contributed by atoms with Gasteiger partial charge in [-0.25, -0.2) is 0 Å². The lowest BCUT2D eigenvalue weighted by Crippen LogP contribution is -2.23. The normalized spacial score (nSPS) is 10.8. The molecule has 0 unspecified atom stereocenters. The van der Waals surface area contributed by atoms with Gasteiger partial charge in [0.1, 0.15) is 0 Å². The summed E-state index contributed by atoms with van der Waals surface area (Å²) in [4.78, 5) is 2.08. The number of hydrogen-bond donors (Lipinski definition) is 2. The number of nitrogens with two attached hydrogens (primary N) is 1. The molecule has 3 N–H and O–H groups in total. The van der Waals surface area contributed by atoms with Crippen molar-refractivity contribution in [2.24, 2.45) is 5.73 Å². The number of nitrogens with zero attached hydrogens (tertiary/aromatic N) is 1. The third-order valence-electron chi connectivity index (χ3n) is 2.20. The van der Waals surface area contributed by atoms with E-state index < -0.39 is 0 Å². The van der Waals surface area contributed by atoms with Crippen LogP contribution in [0.3, 0.4) is 0 Å². The number of rotatable bonds is 5. The maximum Gasteiger partial charge on any atom is 0.0918 e. The van der Waals surface area contributed by atoms with Crippen LogP contribution in [0.1, 0.15) is 12.0 Å². The highest BCUT2D eigenvalue weighted by atomic mass is 35.5. The van der Waals surface area contributed by atoms with Gasteiger partial charge in [-0.05, 0) is 24.7 Å². The van der Waals surface area contributed by atoms with Crippen molar-refractivity contribution in [1.82, 2.24) is 4.90 Å². The fraction of sp³-hybridized carbons (Fsp3) is 0.364. The van der Waals surface area contributed by atoms with Crippen LogP contribution in [-0.4, -0.2) is 24.3 Å². The molecule has 88 valence electrons. The summed E-state index contributed by atoms with van der Waals surface area (Å²) >= 11 is 11.7. The van der Waals surface area contributed by atoms with E-state index in [-0.39, 0.29) is 5.84 Å². The van der Waals surface area contributed by atoms with Crippen LogP contribution in [0.25, 0.3) is 0 Å². The lowest BCUT2D eigenvalue weighted by Gasteiger charge is -2.16. The fourth-order valence-corrected chi connectivity index (χ4v) is 1.66. The van der Waals surface area contributed by atoms with Crippen molar-refractivity contribution in [3.63, 3.8) is 0 Å². The van der Waals surface area contributed by atoms with Gasteiger partial charge in [0.25, 0.3) is 0 Å². The lowest BCUT2D eigenvalue weighted by atomic mass is 10.2. The van der Waals surface area contributed by atoms with E-state index in [0.29, 0.717) is 16.5 Å². The molecule has 0 spiro atoms. The highest BCUT2D eigenvalue weighted by Crippen LogP contribution is 2.23. The van der Waals surface area contributed by atoms with Gasteiger partial charge < -0.3 is 10.6 Å². The van der Waals surface area contributed by atoms with E-state index in [4.69, 9.17) is 34.3 Å². The van der Waals surface area contributed by atoms with Gasteiger partial charge >= 0.3 is 0 Å². The Hall–Kier alpha value is -0.770. The summed E-state index contributed by atoms with van der Waals surface area (Å²) in [5, 5.41) is 8.28. The molecule has 0 saturated carbocycles. The Morgan fingerprint density at radius 3 is 2.62 bits per heavy atom. The third kappa shape index (κ3) is 4.39. The molecular formula is C11H15Cl2N3. The molecule has 0 aromatic heterocycles. The van der Waals surface area contributed by atoms with E-state index in [2.05, 4.69) is 4.90 Å². The second-order valence-corrected chi connectivity index (χ2v) is 4.58. The molecule has 16 heavy (non-hydrogen) atoms. The van der Waals surface area contributed by atoms with Crippen molar-refractivity contribution >= 4 is 29.0 Å². The van der Waals surface area contributed by atoms with Crippen molar-refractivity contribution in [3.8, 4) is 0 Å². The molecule has 0 aliphatic rings. The van der Waals surface area contributed by atoms with E-state index in [0.717, 1.165) is 18.7 Å².